The van der Waals surface area contributed by atoms with Gasteiger partial charge in [0.1, 0.15) is 5.69 Å². The smallest absolute Gasteiger partial charge is 0.293 e. The number of nitrogens with zero attached hydrogens (tertiary/aromatic N) is 5. The highest BCUT2D eigenvalue weighted by atomic mass is 16.6. The van der Waals surface area contributed by atoms with Crippen molar-refractivity contribution >= 4 is 34.6 Å². The first-order valence-corrected chi connectivity index (χ1v) is 11.0. The van der Waals surface area contributed by atoms with Crippen molar-refractivity contribution in [1.82, 2.24) is 14.9 Å². The van der Waals surface area contributed by atoms with Gasteiger partial charge in [-0.1, -0.05) is 6.07 Å². The molecule has 3 aromatic rings. The lowest BCUT2D eigenvalue weighted by molar-refractivity contribution is -0.384. The number of nitro groups is 1. The summed E-state index contributed by atoms with van der Waals surface area (Å²) in [4.78, 5) is 37.1. The van der Waals surface area contributed by atoms with Crippen LogP contribution in [-0.4, -0.2) is 58.9 Å². The normalized spacial score (nSPS) is 14.0. The molecule has 0 bridgehead atoms. The molecular formula is C24H27N7O3. The van der Waals surface area contributed by atoms with Crippen molar-refractivity contribution in [3.8, 4) is 0 Å². The Labute approximate surface area is 197 Å². The van der Waals surface area contributed by atoms with E-state index in [1.165, 1.54) is 6.07 Å². The summed E-state index contributed by atoms with van der Waals surface area (Å²) in [6, 6.07) is 13.6. The highest BCUT2D eigenvalue weighted by Crippen LogP contribution is 2.30. The van der Waals surface area contributed by atoms with E-state index < -0.39 is 10.8 Å². The lowest BCUT2D eigenvalue weighted by Crippen LogP contribution is -2.44. The molecule has 1 aliphatic heterocycles. The molecule has 1 aromatic heterocycles. The van der Waals surface area contributed by atoms with Crippen molar-refractivity contribution in [1.29, 1.82) is 0 Å². The molecule has 1 saturated heterocycles. The minimum atomic E-state index is -0.432. The maximum Gasteiger partial charge on any atom is 0.293 e. The summed E-state index contributed by atoms with van der Waals surface area (Å²) in [5.41, 5.74) is 3.64. The molecule has 0 spiro atoms. The summed E-state index contributed by atoms with van der Waals surface area (Å²) >= 11 is 0. The van der Waals surface area contributed by atoms with Crippen molar-refractivity contribution in [2.24, 2.45) is 0 Å². The Kier molecular flexibility index (Phi) is 6.69. The van der Waals surface area contributed by atoms with Crippen molar-refractivity contribution in [2.45, 2.75) is 13.8 Å². The molecule has 0 radical (unpaired) electrons. The molecule has 1 aliphatic rings. The lowest BCUT2D eigenvalue weighted by atomic mass is 10.1. The van der Waals surface area contributed by atoms with Gasteiger partial charge in [0.2, 0.25) is 5.95 Å². The minimum absolute atomic E-state index is 0.0698. The second-order valence-corrected chi connectivity index (χ2v) is 8.39. The second-order valence-electron chi connectivity index (χ2n) is 8.39. The summed E-state index contributed by atoms with van der Waals surface area (Å²) in [5, 5.41) is 17.7. The number of hydrogen-bond donors (Lipinski definition) is 2. The van der Waals surface area contributed by atoms with Crippen LogP contribution in [0.3, 0.4) is 0 Å². The van der Waals surface area contributed by atoms with E-state index in [2.05, 4.69) is 25.5 Å². The fourth-order valence-electron chi connectivity index (χ4n) is 3.91. The van der Waals surface area contributed by atoms with E-state index in [0.717, 1.165) is 24.5 Å². The molecule has 2 aromatic carbocycles. The largest absolute Gasteiger partial charge is 0.363 e. The third kappa shape index (κ3) is 5.46. The zero-order valence-electron chi connectivity index (χ0n) is 19.4. The van der Waals surface area contributed by atoms with Crippen LogP contribution in [-0.2, 0) is 0 Å². The van der Waals surface area contributed by atoms with E-state index in [-0.39, 0.29) is 11.3 Å². The van der Waals surface area contributed by atoms with Gasteiger partial charge in [-0.25, -0.2) is 9.97 Å². The maximum absolute atomic E-state index is 12.9. The van der Waals surface area contributed by atoms with Crippen LogP contribution in [0.2, 0.25) is 0 Å². The Bertz CT molecular complexity index is 1200. The van der Waals surface area contributed by atoms with Crippen LogP contribution in [0.5, 0.6) is 0 Å². The molecule has 1 fully saturated rings. The molecular weight excluding hydrogens is 434 g/mol. The third-order valence-electron chi connectivity index (χ3n) is 5.64. The number of nitro benzene ring substituents is 1. The molecule has 0 atom stereocenters. The number of piperazine rings is 1. The third-order valence-corrected chi connectivity index (χ3v) is 5.64. The average molecular weight is 462 g/mol. The van der Waals surface area contributed by atoms with E-state index in [0.29, 0.717) is 36.1 Å². The van der Waals surface area contributed by atoms with Gasteiger partial charge >= 0.3 is 0 Å². The van der Waals surface area contributed by atoms with Gasteiger partial charge in [-0.3, -0.25) is 14.9 Å². The van der Waals surface area contributed by atoms with Crippen molar-refractivity contribution in [3.05, 3.63) is 75.6 Å². The summed E-state index contributed by atoms with van der Waals surface area (Å²) in [6.07, 6.45) is 0. The van der Waals surface area contributed by atoms with Gasteiger partial charge < -0.3 is 20.4 Å². The van der Waals surface area contributed by atoms with Gasteiger partial charge in [-0.05, 0) is 57.3 Å². The Hall–Kier alpha value is -4.05. The Morgan fingerprint density at radius 1 is 0.971 bits per heavy atom. The Balaban J connectivity index is 1.50. The summed E-state index contributed by atoms with van der Waals surface area (Å²) in [6.45, 7) is 6.85. The van der Waals surface area contributed by atoms with Crippen LogP contribution < -0.4 is 15.5 Å². The zero-order valence-corrected chi connectivity index (χ0v) is 19.4. The molecule has 1 amide bonds. The molecule has 10 nitrogen and oxygen atoms in total. The van der Waals surface area contributed by atoms with Crippen LogP contribution in [0, 0.1) is 24.0 Å². The Morgan fingerprint density at radius 2 is 1.65 bits per heavy atom. The van der Waals surface area contributed by atoms with Gasteiger partial charge in [0.25, 0.3) is 11.6 Å². The van der Waals surface area contributed by atoms with Crippen LogP contribution in [0.25, 0.3) is 0 Å². The van der Waals surface area contributed by atoms with Gasteiger partial charge in [0, 0.05) is 60.6 Å². The van der Waals surface area contributed by atoms with E-state index in [4.69, 9.17) is 0 Å². The highest BCUT2D eigenvalue weighted by Gasteiger charge is 2.24. The van der Waals surface area contributed by atoms with Crippen LogP contribution in [0.4, 0.5) is 28.7 Å². The van der Waals surface area contributed by atoms with E-state index in [9.17, 15) is 14.9 Å². The first kappa shape index (κ1) is 23.1. The number of hydrogen-bond acceptors (Lipinski definition) is 8. The van der Waals surface area contributed by atoms with Gasteiger partial charge in [0.05, 0.1) is 4.92 Å². The molecule has 4 rings (SSSR count). The van der Waals surface area contributed by atoms with Gasteiger partial charge in [-0.2, -0.15) is 0 Å². The number of nitrogens with one attached hydrogen (secondary N) is 2. The molecule has 2 N–H and O–H groups in total. The second kappa shape index (κ2) is 9.84. The monoisotopic (exact) mass is 461 g/mol. The number of aromatic nitrogens is 2. The van der Waals surface area contributed by atoms with E-state index in [1.54, 1.807) is 30.3 Å². The van der Waals surface area contributed by atoms with Crippen molar-refractivity contribution in [3.63, 3.8) is 0 Å². The number of amides is 1. The lowest BCUT2D eigenvalue weighted by Gasteiger charge is -2.33. The number of aryl methyl sites for hydroxylation is 2. The molecule has 10 heteroatoms. The predicted molar refractivity (Wildman–Crippen MR) is 132 cm³/mol. The Morgan fingerprint density at radius 3 is 2.32 bits per heavy atom. The minimum Gasteiger partial charge on any atom is -0.363 e. The molecule has 0 aliphatic carbocycles. The maximum atomic E-state index is 12.9. The summed E-state index contributed by atoms with van der Waals surface area (Å²) < 4.78 is 0. The quantitative estimate of drug-likeness (QED) is 0.421. The van der Waals surface area contributed by atoms with Gasteiger partial charge in [0.15, 0.2) is 0 Å². The molecule has 0 saturated carbocycles. The van der Waals surface area contributed by atoms with Gasteiger partial charge in [-0.15, -0.1) is 0 Å². The predicted octanol–water partition coefficient (Wildman–Crippen LogP) is 3.75. The molecule has 0 unspecified atom stereocenters. The number of likely N-dealkylation sites (N-methyl/N-ethyl adjacent to an activating group) is 1. The van der Waals surface area contributed by atoms with E-state index >= 15 is 0 Å². The van der Waals surface area contributed by atoms with E-state index in [1.807, 2.05) is 37.9 Å². The van der Waals surface area contributed by atoms with Crippen molar-refractivity contribution < 1.29 is 9.72 Å². The number of rotatable bonds is 6. The summed E-state index contributed by atoms with van der Waals surface area (Å²) in [5.74, 6) is 0.0453. The SMILES string of the molecule is Cc1cc(C)nc(Nc2cccc(NC(=O)c3ccc(N4CCN(C)CC4)c([N+](=O)[O-])c3)c2)n1. The zero-order chi connectivity index (χ0) is 24.2. The average Bonchev–Trinajstić information content (AvgIpc) is 2.79. The van der Waals surface area contributed by atoms with Crippen molar-refractivity contribution in [2.75, 3.05) is 48.8 Å². The topological polar surface area (TPSA) is 117 Å². The first-order valence-electron chi connectivity index (χ1n) is 11.0. The number of benzene rings is 2. The standard InChI is InChI=1S/C24H27N7O3/c1-16-13-17(2)26-24(25-16)28-20-6-4-5-19(15-20)27-23(32)18-7-8-21(22(14-18)31(33)34)30-11-9-29(3)10-12-30/h4-8,13-15H,9-12H2,1-3H3,(H,27,32)(H,25,26,28). The fourth-order valence-corrected chi connectivity index (χ4v) is 3.91. The van der Waals surface area contributed by atoms with Crippen LogP contribution >= 0.6 is 0 Å². The fraction of sp³-hybridized carbons (Fsp3) is 0.292. The van der Waals surface area contributed by atoms with Crippen LogP contribution in [0.15, 0.2) is 48.5 Å². The first-order chi connectivity index (χ1) is 16.3. The number of anilines is 4. The number of carbonyl (C=O) groups is 1. The summed E-state index contributed by atoms with van der Waals surface area (Å²) in [7, 11) is 2.03. The number of carbonyl (C=O) groups excluding carboxylic acids is 1. The molecule has 34 heavy (non-hydrogen) atoms. The molecule has 2 heterocycles. The van der Waals surface area contributed by atoms with Crippen LogP contribution in [0.1, 0.15) is 21.7 Å². The highest BCUT2D eigenvalue weighted by molar-refractivity contribution is 6.05. The molecule has 176 valence electrons.